The van der Waals surface area contributed by atoms with Crippen molar-refractivity contribution in [3.05, 3.63) is 52.2 Å². The van der Waals surface area contributed by atoms with Crippen LogP contribution >= 0.6 is 0 Å². The molecule has 0 bridgehead atoms. The summed E-state index contributed by atoms with van der Waals surface area (Å²) >= 11 is 0. The first-order chi connectivity index (χ1) is 11.4. The Balaban J connectivity index is 2.20. The Labute approximate surface area is 140 Å². The standard InChI is InChI=1S/C18H16O5S/c1-10(2)9-24(22)12-4-5-13-16(8-12)23-15-6-3-11(18(20)21)7-14(15)17(13)19/h3-8,10H,9H2,1-2H3,(H,20,21). The smallest absolute Gasteiger partial charge is 0.335 e. The Morgan fingerprint density at radius 3 is 2.54 bits per heavy atom. The molecule has 0 aliphatic rings. The van der Waals surface area contributed by atoms with E-state index in [0.717, 1.165) is 0 Å². The number of hydrogen-bond acceptors (Lipinski definition) is 4. The normalized spacial score (nSPS) is 12.8. The third kappa shape index (κ3) is 2.97. The van der Waals surface area contributed by atoms with Gasteiger partial charge in [-0.2, -0.15) is 0 Å². The number of aromatic carboxylic acids is 1. The molecule has 0 fully saturated rings. The highest BCUT2D eigenvalue weighted by atomic mass is 32.2. The molecule has 1 N–H and O–H groups in total. The minimum atomic E-state index is -1.16. The topological polar surface area (TPSA) is 84.6 Å². The molecule has 0 spiro atoms. The van der Waals surface area contributed by atoms with Crippen LogP contribution in [0.15, 0.2) is 50.5 Å². The Hall–Kier alpha value is -2.47. The summed E-state index contributed by atoms with van der Waals surface area (Å²) in [6.07, 6.45) is 0. The van der Waals surface area contributed by atoms with E-state index in [1.54, 1.807) is 18.2 Å². The van der Waals surface area contributed by atoms with Crippen molar-refractivity contribution < 1.29 is 18.5 Å². The van der Waals surface area contributed by atoms with Crippen LogP contribution in [0.4, 0.5) is 0 Å². The van der Waals surface area contributed by atoms with Crippen molar-refractivity contribution in [3.63, 3.8) is 0 Å². The molecule has 1 heterocycles. The van der Waals surface area contributed by atoms with Crippen LogP contribution in [0.25, 0.3) is 21.9 Å². The van der Waals surface area contributed by atoms with Gasteiger partial charge in [0.15, 0.2) is 0 Å². The predicted molar refractivity (Wildman–Crippen MR) is 93.1 cm³/mol. The Bertz CT molecular complexity index is 1030. The molecule has 1 atom stereocenters. The van der Waals surface area contributed by atoms with E-state index >= 15 is 0 Å². The quantitative estimate of drug-likeness (QED) is 0.733. The predicted octanol–water partition coefficient (Wildman–Crippen LogP) is 3.41. The highest BCUT2D eigenvalue weighted by Gasteiger charge is 2.13. The van der Waals surface area contributed by atoms with Gasteiger partial charge >= 0.3 is 5.97 Å². The number of carboxylic acids is 1. The summed E-state index contributed by atoms with van der Waals surface area (Å²) in [5, 5.41) is 9.62. The summed E-state index contributed by atoms with van der Waals surface area (Å²) in [7, 11) is -1.16. The van der Waals surface area contributed by atoms with E-state index in [1.807, 2.05) is 13.8 Å². The molecule has 1 aromatic heterocycles. The maximum Gasteiger partial charge on any atom is 0.335 e. The van der Waals surface area contributed by atoms with Gasteiger partial charge in [0.1, 0.15) is 11.2 Å². The van der Waals surface area contributed by atoms with Gasteiger partial charge in [-0.25, -0.2) is 4.79 Å². The molecule has 124 valence electrons. The van der Waals surface area contributed by atoms with Gasteiger partial charge in [-0.1, -0.05) is 13.8 Å². The number of fused-ring (bicyclic) bond motifs is 2. The van der Waals surface area contributed by atoms with Gasteiger partial charge in [-0.05, 0) is 42.3 Å². The summed E-state index contributed by atoms with van der Waals surface area (Å²) in [6.45, 7) is 3.99. The maximum absolute atomic E-state index is 12.6. The first-order valence-corrected chi connectivity index (χ1v) is 8.81. The lowest BCUT2D eigenvalue weighted by Gasteiger charge is -2.07. The van der Waals surface area contributed by atoms with Gasteiger partial charge in [-0.3, -0.25) is 9.00 Å². The maximum atomic E-state index is 12.6. The summed E-state index contributed by atoms with van der Waals surface area (Å²) in [5.41, 5.74) is 0.397. The molecule has 3 aromatic rings. The van der Waals surface area contributed by atoms with Crippen molar-refractivity contribution in [2.45, 2.75) is 18.7 Å². The fraction of sp³-hybridized carbons (Fsp3) is 0.222. The Morgan fingerprint density at radius 2 is 1.88 bits per heavy atom. The lowest BCUT2D eigenvalue weighted by atomic mass is 10.1. The van der Waals surface area contributed by atoms with Crippen LogP contribution in [-0.2, 0) is 10.8 Å². The lowest BCUT2D eigenvalue weighted by Crippen LogP contribution is -2.07. The molecule has 5 nitrogen and oxygen atoms in total. The number of rotatable bonds is 4. The molecule has 0 saturated carbocycles. The minimum Gasteiger partial charge on any atom is -0.478 e. The molecule has 0 saturated heterocycles. The Kier molecular flexibility index (Phi) is 4.24. The van der Waals surface area contributed by atoms with E-state index < -0.39 is 16.8 Å². The van der Waals surface area contributed by atoms with Crippen molar-refractivity contribution in [1.29, 1.82) is 0 Å². The van der Waals surface area contributed by atoms with E-state index in [0.29, 0.717) is 33.1 Å². The van der Waals surface area contributed by atoms with Crippen LogP contribution in [0.3, 0.4) is 0 Å². The zero-order valence-electron chi connectivity index (χ0n) is 13.2. The molecular formula is C18H16O5S. The fourth-order valence-electron chi connectivity index (χ4n) is 2.51. The average Bonchev–Trinajstić information content (AvgIpc) is 2.53. The molecule has 0 amide bonds. The highest BCUT2D eigenvalue weighted by Crippen LogP contribution is 2.22. The molecular weight excluding hydrogens is 328 g/mol. The fourth-order valence-corrected chi connectivity index (χ4v) is 3.76. The zero-order valence-corrected chi connectivity index (χ0v) is 14.1. The van der Waals surface area contributed by atoms with Crippen LogP contribution in [-0.4, -0.2) is 21.0 Å². The van der Waals surface area contributed by atoms with E-state index in [1.165, 1.54) is 18.2 Å². The SMILES string of the molecule is CC(C)CS(=O)c1ccc2c(=O)c3cc(C(=O)O)ccc3oc2c1. The van der Waals surface area contributed by atoms with E-state index in [-0.39, 0.29) is 16.4 Å². The van der Waals surface area contributed by atoms with Crippen molar-refractivity contribution in [1.82, 2.24) is 0 Å². The van der Waals surface area contributed by atoms with E-state index in [9.17, 15) is 13.8 Å². The first-order valence-electron chi connectivity index (χ1n) is 7.49. The third-order valence-electron chi connectivity index (χ3n) is 3.64. The number of carbonyl (C=O) groups is 1. The van der Waals surface area contributed by atoms with Crippen LogP contribution < -0.4 is 5.43 Å². The largest absolute Gasteiger partial charge is 0.478 e. The second-order valence-corrected chi connectivity index (χ2v) is 7.51. The van der Waals surface area contributed by atoms with E-state index in [4.69, 9.17) is 9.52 Å². The summed E-state index contributed by atoms with van der Waals surface area (Å²) < 4.78 is 18.0. The lowest BCUT2D eigenvalue weighted by molar-refractivity contribution is 0.0697. The number of hydrogen-bond donors (Lipinski definition) is 1. The van der Waals surface area contributed by atoms with Crippen molar-refractivity contribution in [2.24, 2.45) is 5.92 Å². The van der Waals surface area contributed by atoms with Gasteiger partial charge in [0.05, 0.1) is 27.1 Å². The molecule has 6 heteroatoms. The monoisotopic (exact) mass is 344 g/mol. The second kappa shape index (κ2) is 6.20. The minimum absolute atomic E-state index is 0.0313. The Morgan fingerprint density at radius 1 is 1.12 bits per heavy atom. The van der Waals surface area contributed by atoms with Crippen molar-refractivity contribution in [2.75, 3.05) is 5.75 Å². The van der Waals surface area contributed by atoms with Crippen molar-refractivity contribution in [3.8, 4) is 0 Å². The van der Waals surface area contributed by atoms with E-state index in [2.05, 4.69) is 0 Å². The van der Waals surface area contributed by atoms with Gasteiger partial charge in [0.2, 0.25) is 5.43 Å². The number of benzene rings is 2. The molecule has 0 aliphatic carbocycles. The molecule has 1 unspecified atom stereocenters. The second-order valence-electron chi connectivity index (χ2n) is 6.01. The third-order valence-corrected chi connectivity index (χ3v) is 5.39. The van der Waals surface area contributed by atoms with Gasteiger partial charge in [0.25, 0.3) is 0 Å². The molecule has 24 heavy (non-hydrogen) atoms. The summed E-state index contributed by atoms with van der Waals surface area (Å²) in [5.74, 6) is -0.277. The van der Waals surface area contributed by atoms with Gasteiger partial charge < -0.3 is 9.52 Å². The van der Waals surface area contributed by atoms with Gasteiger partial charge in [-0.15, -0.1) is 0 Å². The van der Waals surface area contributed by atoms with Crippen LogP contribution in [0.2, 0.25) is 0 Å². The summed E-state index contributed by atoms with van der Waals surface area (Å²) in [6, 6.07) is 9.04. The van der Waals surface area contributed by atoms with Crippen molar-refractivity contribution >= 4 is 38.7 Å². The molecule has 0 radical (unpaired) electrons. The first kappa shape index (κ1) is 16.4. The molecule has 3 rings (SSSR count). The molecule has 0 aliphatic heterocycles. The van der Waals surface area contributed by atoms with Crippen LogP contribution in [0.1, 0.15) is 24.2 Å². The average molecular weight is 344 g/mol. The van der Waals surface area contributed by atoms with Crippen LogP contribution in [0.5, 0.6) is 0 Å². The number of carboxylic acid groups (broad SMARTS) is 1. The summed E-state index contributed by atoms with van der Waals surface area (Å²) in [4.78, 5) is 24.3. The highest BCUT2D eigenvalue weighted by molar-refractivity contribution is 7.85. The zero-order chi connectivity index (χ0) is 17.4. The molecule has 2 aromatic carbocycles. The van der Waals surface area contributed by atoms with Crippen LogP contribution in [0, 0.1) is 5.92 Å². The van der Waals surface area contributed by atoms with Gasteiger partial charge in [0, 0.05) is 10.6 Å².